The van der Waals surface area contributed by atoms with Crippen molar-refractivity contribution in [2.75, 3.05) is 13.1 Å². The van der Waals surface area contributed by atoms with Crippen molar-refractivity contribution in [3.63, 3.8) is 0 Å². The van der Waals surface area contributed by atoms with Gasteiger partial charge in [-0.05, 0) is 61.8 Å². The Balaban J connectivity index is 1.96. The zero-order valence-corrected chi connectivity index (χ0v) is 16.3. The van der Waals surface area contributed by atoms with Gasteiger partial charge in [-0.2, -0.15) is 0 Å². The smallest absolute Gasteiger partial charge is 0.0880 e. The molecule has 2 nitrogen and oxygen atoms in total. The average Bonchev–Trinajstić information content (AvgIpc) is 2.54. The second kappa shape index (κ2) is 9.12. The molecule has 1 unspecified atom stereocenters. The van der Waals surface area contributed by atoms with Gasteiger partial charge in [-0.25, -0.2) is 0 Å². The number of hydrogen-bond acceptors (Lipinski definition) is 3. The molecule has 0 bridgehead atoms. The summed E-state index contributed by atoms with van der Waals surface area (Å²) in [5.41, 5.74) is 1.19. The quantitative estimate of drug-likeness (QED) is 0.466. The molecule has 0 spiro atoms. The van der Waals surface area contributed by atoms with Crippen molar-refractivity contribution >= 4 is 35.0 Å². The minimum Gasteiger partial charge on any atom is -0.385 e. The van der Waals surface area contributed by atoms with Gasteiger partial charge in [-0.1, -0.05) is 48.3 Å². The van der Waals surface area contributed by atoms with Gasteiger partial charge in [0.05, 0.1) is 5.60 Å². The molecule has 130 valence electrons. The van der Waals surface area contributed by atoms with E-state index in [0.29, 0.717) is 16.5 Å². The van der Waals surface area contributed by atoms with Crippen molar-refractivity contribution in [3.05, 3.63) is 63.6 Å². The van der Waals surface area contributed by atoms with Gasteiger partial charge >= 0.3 is 0 Å². The molecular formula is C19H23Cl2NOS. The third-order valence-electron chi connectivity index (χ3n) is 3.92. The molecule has 2 aromatic carbocycles. The molecule has 0 saturated heterocycles. The van der Waals surface area contributed by atoms with Crippen molar-refractivity contribution in [3.8, 4) is 0 Å². The van der Waals surface area contributed by atoms with Crippen LogP contribution in [0, 0.1) is 0 Å². The Morgan fingerprint density at radius 1 is 1.12 bits per heavy atom. The lowest BCUT2D eigenvalue weighted by molar-refractivity contribution is 0.0481. The maximum absolute atomic E-state index is 10.6. The molecule has 0 aromatic heterocycles. The van der Waals surface area contributed by atoms with Gasteiger partial charge in [-0.15, -0.1) is 11.8 Å². The van der Waals surface area contributed by atoms with Gasteiger partial charge in [0.25, 0.3) is 0 Å². The second-order valence-electron chi connectivity index (χ2n) is 5.93. The summed E-state index contributed by atoms with van der Waals surface area (Å²) in [6.45, 7) is 5.64. The maximum Gasteiger partial charge on any atom is 0.0880 e. The maximum atomic E-state index is 10.6. The topological polar surface area (TPSA) is 32.3 Å². The minimum atomic E-state index is -0.815. The van der Waals surface area contributed by atoms with Crippen molar-refractivity contribution in [1.82, 2.24) is 5.32 Å². The summed E-state index contributed by atoms with van der Waals surface area (Å²) in [4.78, 5) is 1.15. The first-order chi connectivity index (χ1) is 11.4. The fourth-order valence-corrected chi connectivity index (χ4v) is 3.82. The summed E-state index contributed by atoms with van der Waals surface area (Å²) >= 11 is 13.8. The first-order valence-electron chi connectivity index (χ1n) is 8.03. The van der Waals surface area contributed by atoms with E-state index < -0.39 is 5.60 Å². The molecule has 2 aromatic rings. The predicted molar refractivity (Wildman–Crippen MR) is 105 cm³/mol. The van der Waals surface area contributed by atoms with E-state index in [9.17, 15) is 5.11 Å². The Morgan fingerprint density at radius 2 is 1.83 bits per heavy atom. The van der Waals surface area contributed by atoms with E-state index in [4.69, 9.17) is 23.2 Å². The summed E-state index contributed by atoms with van der Waals surface area (Å²) < 4.78 is 0. The second-order valence-corrected chi connectivity index (χ2v) is 7.82. The molecule has 24 heavy (non-hydrogen) atoms. The van der Waals surface area contributed by atoms with E-state index in [1.54, 1.807) is 17.8 Å². The van der Waals surface area contributed by atoms with Crippen LogP contribution in [0.4, 0.5) is 0 Å². The molecule has 0 fully saturated rings. The molecular weight excluding hydrogens is 361 g/mol. The molecule has 0 aliphatic rings. The number of nitrogens with one attached hydrogen (secondary N) is 1. The minimum absolute atomic E-state index is 0.651. The molecule has 0 amide bonds. The highest BCUT2D eigenvalue weighted by atomic mass is 35.5. The first kappa shape index (κ1) is 19.6. The first-order valence-corrected chi connectivity index (χ1v) is 9.77. The highest BCUT2D eigenvalue weighted by molar-refractivity contribution is 7.98. The van der Waals surface area contributed by atoms with Crippen LogP contribution >= 0.6 is 35.0 Å². The van der Waals surface area contributed by atoms with E-state index in [0.717, 1.165) is 34.9 Å². The Hall–Kier alpha value is -0.710. The summed E-state index contributed by atoms with van der Waals surface area (Å²) in [7, 11) is 0. The molecule has 0 aliphatic heterocycles. The summed E-state index contributed by atoms with van der Waals surface area (Å²) in [6.07, 6.45) is 0.688. The number of thioether (sulfide) groups is 1. The third kappa shape index (κ3) is 5.68. The lowest BCUT2D eigenvalue weighted by atomic mass is 9.93. The lowest BCUT2D eigenvalue weighted by Gasteiger charge is -2.24. The van der Waals surface area contributed by atoms with Gasteiger partial charge in [0.15, 0.2) is 0 Å². The fraction of sp³-hybridized carbons (Fsp3) is 0.368. The fourth-order valence-electron chi connectivity index (χ4n) is 2.36. The summed E-state index contributed by atoms with van der Waals surface area (Å²) in [6, 6.07) is 13.7. The Kier molecular flexibility index (Phi) is 7.45. The highest BCUT2D eigenvalue weighted by Crippen LogP contribution is 2.30. The summed E-state index contributed by atoms with van der Waals surface area (Å²) in [5, 5.41) is 15.2. The van der Waals surface area contributed by atoms with E-state index in [1.807, 2.05) is 43.3 Å². The van der Waals surface area contributed by atoms with Gasteiger partial charge in [0, 0.05) is 20.7 Å². The molecule has 0 aliphatic carbocycles. The zero-order valence-electron chi connectivity index (χ0n) is 14.0. The average molecular weight is 384 g/mol. The van der Waals surface area contributed by atoms with Crippen molar-refractivity contribution < 1.29 is 5.11 Å². The number of rotatable bonds is 8. The standard InChI is InChI=1S/C19H23Cl2NOS/c1-3-22-11-10-19(2,23)15-5-8-17(9-6-15)24-13-14-4-7-16(20)12-18(14)21/h4-9,12,22-23H,3,10-11,13H2,1-2H3. The van der Waals surface area contributed by atoms with Crippen LogP contribution in [0.2, 0.25) is 10.0 Å². The van der Waals surface area contributed by atoms with Crippen molar-refractivity contribution in [2.45, 2.75) is 36.5 Å². The van der Waals surface area contributed by atoms with Gasteiger partial charge < -0.3 is 10.4 Å². The predicted octanol–water partition coefficient (Wildman–Crippen LogP) is 5.49. The van der Waals surface area contributed by atoms with Crippen LogP contribution in [0.3, 0.4) is 0 Å². The zero-order chi connectivity index (χ0) is 17.6. The highest BCUT2D eigenvalue weighted by Gasteiger charge is 2.22. The normalized spacial score (nSPS) is 13.7. The van der Waals surface area contributed by atoms with Crippen LogP contribution in [-0.2, 0) is 11.4 Å². The van der Waals surface area contributed by atoms with Crippen molar-refractivity contribution in [1.29, 1.82) is 0 Å². The van der Waals surface area contributed by atoms with Crippen LogP contribution in [0.15, 0.2) is 47.4 Å². The van der Waals surface area contributed by atoms with Gasteiger partial charge in [0.1, 0.15) is 0 Å². The number of benzene rings is 2. The van der Waals surface area contributed by atoms with Crippen LogP contribution in [0.1, 0.15) is 31.4 Å². The molecule has 2 rings (SSSR count). The molecule has 1 atom stereocenters. The Morgan fingerprint density at radius 3 is 2.46 bits per heavy atom. The number of hydrogen-bond donors (Lipinski definition) is 2. The van der Waals surface area contributed by atoms with Gasteiger partial charge in [-0.3, -0.25) is 0 Å². The largest absolute Gasteiger partial charge is 0.385 e. The van der Waals surface area contributed by atoms with E-state index in [-0.39, 0.29) is 0 Å². The van der Waals surface area contributed by atoms with Crippen molar-refractivity contribution in [2.24, 2.45) is 0 Å². The Labute approximate surface area is 158 Å². The van der Waals surface area contributed by atoms with Crippen LogP contribution in [0.25, 0.3) is 0 Å². The van der Waals surface area contributed by atoms with E-state index in [1.165, 1.54) is 0 Å². The number of aliphatic hydroxyl groups is 1. The molecule has 5 heteroatoms. The summed E-state index contributed by atoms with van der Waals surface area (Å²) in [5.74, 6) is 0.784. The molecule has 0 saturated carbocycles. The van der Waals surface area contributed by atoms with Crippen LogP contribution in [0.5, 0.6) is 0 Å². The van der Waals surface area contributed by atoms with Crippen LogP contribution in [-0.4, -0.2) is 18.2 Å². The van der Waals surface area contributed by atoms with Crippen LogP contribution < -0.4 is 5.32 Å². The Bertz CT molecular complexity index is 659. The lowest BCUT2D eigenvalue weighted by Crippen LogP contribution is -2.27. The SMILES string of the molecule is CCNCCC(C)(O)c1ccc(SCc2ccc(Cl)cc2Cl)cc1. The number of halogens is 2. The van der Waals surface area contributed by atoms with E-state index in [2.05, 4.69) is 12.2 Å². The molecule has 2 N–H and O–H groups in total. The molecule has 0 heterocycles. The monoisotopic (exact) mass is 383 g/mol. The molecule has 0 radical (unpaired) electrons. The van der Waals surface area contributed by atoms with Gasteiger partial charge in [0.2, 0.25) is 0 Å². The van der Waals surface area contributed by atoms with E-state index >= 15 is 0 Å². The third-order valence-corrected chi connectivity index (χ3v) is 5.57.